The van der Waals surface area contributed by atoms with E-state index in [1.165, 1.54) is 7.05 Å². The van der Waals surface area contributed by atoms with Crippen molar-refractivity contribution in [2.24, 2.45) is 5.92 Å². The lowest BCUT2D eigenvalue weighted by Crippen LogP contribution is -2.38. The maximum atomic E-state index is 12.0. The maximum Gasteiger partial charge on any atom is 0.391 e. The van der Waals surface area contributed by atoms with E-state index >= 15 is 0 Å². The number of rotatable bonds is 4. The molecule has 0 fully saturated rings. The summed E-state index contributed by atoms with van der Waals surface area (Å²) in [6.07, 6.45) is -4.78. The van der Waals surface area contributed by atoms with Gasteiger partial charge in [0.05, 0.1) is 5.92 Å². The van der Waals surface area contributed by atoms with Gasteiger partial charge in [0, 0.05) is 0 Å². The van der Waals surface area contributed by atoms with E-state index < -0.39 is 30.5 Å². The van der Waals surface area contributed by atoms with E-state index in [-0.39, 0.29) is 0 Å². The molecule has 0 aromatic heterocycles. The molecule has 0 saturated heterocycles. The minimum atomic E-state index is -4.33. The van der Waals surface area contributed by atoms with Crippen LogP contribution < -0.4 is 5.32 Å². The SMILES string of the molecule is CC.CN[C@@H](C[C@@H](C)C(F)(F)F)C(=O)O. The summed E-state index contributed by atoms with van der Waals surface area (Å²) in [4.78, 5) is 10.4. The Bertz CT molecular complexity index is 183. The summed E-state index contributed by atoms with van der Waals surface area (Å²) >= 11 is 0. The van der Waals surface area contributed by atoms with Crippen LogP contribution in [-0.2, 0) is 4.79 Å². The average molecular weight is 229 g/mol. The van der Waals surface area contributed by atoms with Gasteiger partial charge in [0.1, 0.15) is 6.04 Å². The van der Waals surface area contributed by atoms with Crippen molar-refractivity contribution in [2.75, 3.05) is 7.05 Å². The highest BCUT2D eigenvalue weighted by atomic mass is 19.4. The normalized spacial score (nSPS) is 14.9. The predicted molar refractivity (Wildman–Crippen MR) is 51.7 cm³/mol. The summed E-state index contributed by atoms with van der Waals surface area (Å²) in [6, 6.07) is -1.14. The van der Waals surface area contributed by atoms with Crippen LogP contribution in [0.5, 0.6) is 0 Å². The van der Waals surface area contributed by atoms with Crippen molar-refractivity contribution in [3.63, 3.8) is 0 Å². The third kappa shape index (κ3) is 7.18. The van der Waals surface area contributed by atoms with Crippen molar-refractivity contribution in [3.8, 4) is 0 Å². The quantitative estimate of drug-likeness (QED) is 0.777. The molecule has 0 unspecified atom stereocenters. The highest BCUT2D eigenvalue weighted by Crippen LogP contribution is 2.29. The minimum Gasteiger partial charge on any atom is -0.480 e. The molecule has 0 aliphatic carbocycles. The molecular formula is C9H18F3NO2. The van der Waals surface area contributed by atoms with E-state index in [2.05, 4.69) is 5.32 Å². The Kier molecular flexibility index (Phi) is 8.33. The van der Waals surface area contributed by atoms with Gasteiger partial charge in [-0.2, -0.15) is 13.2 Å². The summed E-state index contributed by atoms with van der Waals surface area (Å²) in [5.74, 6) is -2.88. The maximum absolute atomic E-state index is 12.0. The van der Waals surface area contributed by atoms with Gasteiger partial charge in [0.2, 0.25) is 0 Å². The number of halogens is 3. The van der Waals surface area contributed by atoms with Crippen LogP contribution >= 0.6 is 0 Å². The first-order valence-corrected chi connectivity index (χ1v) is 4.75. The van der Waals surface area contributed by atoms with Crippen molar-refractivity contribution in [1.29, 1.82) is 0 Å². The molecule has 92 valence electrons. The molecule has 0 aromatic carbocycles. The largest absolute Gasteiger partial charge is 0.480 e. The summed E-state index contributed by atoms with van der Waals surface area (Å²) in [5.41, 5.74) is 0. The van der Waals surface area contributed by atoms with Crippen LogP contribution in [0.2, 0.25) is 0 Å². The lowest BCUT2D eigenvalue weighted by molar-refractivity contribution is -0.174. The third-order valence-electron chi connectivity index (χ3n) is 1.79. The average Bonchev–Trinajstić information content (AvgIpc) is 2.14. The van der Waals surface area contributed by atoms with Gasteiger partial charge in [-0.3, -0.25) is 4.79 Å². The van der Waals surface area contributed by atoms with Crippen LogP contribution in [0.4, 0.5) is 13.2 Å². The molecular weight excluding hydrogens is 211 g/mol. The van der Waals surface area contributed by atoms with Crippen LogP contribution in [0.25, 0.3) is 0 Å². The van der Waals surface area contributed by atoms with Crippen molar-refractivity contribution in [2.45, 2.75) is 39.4 Å². The number of likely N-dealkylation sites (N-methyl/N-ethyl adjacent to an activating group) is 1. The highest BCUT2D eigenvalue weighted by molar-refractivity contribution is 5.73. The summed E-state index contributed by atoms with van der Waals surface area (Å²) in [5, 5.41) is 10.8. The first kappa shape index (κ1) is 16.6. The zero-order chi connectivity index (χ0) is 12.6. The van der Waals surface area contributed by atoms with E-state index in [1.807, 2.05) is 13.8 Å². The summed E-state index contributed by atoms with van der Waals surface area (Å²) in [7, 11) is 1.32. The second-order valence-corrected chi connectivity index (χ2v) is 2.86. The number of nitrogens with one attached hydrogen (secondary N) is 1. The summed E-state index contributed by atoms with van der Waals surface area (Å²) in [6.45, 7) is 4.97. The Labute approximate surface area is 87.7 Å². The van der Waals surface area contributed by atoms with Crippen LogP contribution in [-0.4, -0.2) is 30.3 Å². The standard InChI is InChI=1S/C7H12F3NO2.C2H6/c1-4(7(8,9)10)3-5(11-2)6(12)13;1-2/h4-5,11H,3H2,1-2H3,(H,12,13);1-2H3/t4-,5+;/m1./s1. The van der Waals surface area contributed by atoms with Crippen LogP contribution in [0.3, 0.4) is 0 Å². The van der Waals surface area contributed by atoms with Gasteiger partial charge in [-0.05, 0) is 13.5 Å². The van der Waals surface area contributed by atoms with Crippen molar-refractivity contribution in [3.05, 3.63) is 0 Å². The van der Waals surface area contributed by atoms with Crippen molar-refractivity contribution < 1.29 is 23.1 Å². The minimum absolute atomic E-state index is 0.449. The molecule has 0 radical (unpaired) electrons. The van der Waals surface area contributed by atoms with E-state index in [1.54, 1.807) is 0 Å². The Balaban J connectivity index is 0. The first-order chi connectivity index (χ1) is 6.79. The number of aliphatic carboxylic acids is 1. The van der Waals surface area contributed by atoms with E-state index in [4.69, 9.17) is 5.11 Å². The van der Waals surface area contributed by atoms with Crippen LogP contribution in [0, 0.1) is 5.92 Å². The van der Waals surface area contributed by atoms with Crippen LogP contribution in [0.1, 0.15) is 27.2 Å². The molecule has 6 heteroatoms. The van der Waals surface area contributed by atoms with Gasteiger partial charge in [0.25, 0.3) is 0 Å². The van der Waals surface area contributed by atoms with E-state index in [0.29, 0.717) is 0 Å². The Morgan fingerprint density at radius 2 is 1.80 bits per heavy atom. The molecule has 0 heterocycles. The zero-order valence-corrected chi connectivity index (χ0v) is 9.35. The molecule has 0 aliphatic heterocycles. The van der Waals surface area contributed by atoms with E-state index in [9.17, 15) is 18.0 Å². The van der Waals surface area contributed by atoms with Crippen LogP contribution in [0.15, 0.2) is 0 Å². The first-order valence-electron chi connectivity index (χ1n) is 4.75. The fourth-order valence-corrected chi connectivity index (χ4v) is 0.829. The number of alkyl halides is 3. The molecule has 0 amide bonds. The zero-order valence-electron chi connectivity index (χ0n) is 9.35. The van der Waals surface area contributed by atoms with Gasteiger partial charge < -0.3 is 10.4 Å². The topological polar surface area (TPSA) is 49.3 Å². The molecule has 2 N–H and O–H groups in total. The fraction of sp³-hybridized carbons (Fsp3) is 0.889. The second-order valence-electron chi connectivity index (χ2n) is 2.86. The smallest absolute Gasteiger partial charge is 0.391 e. The molecule has 0 spiro atoms. The van der Waals surface area contributed by atoms with Crippen molar-refractivity contribution >= 4 is 5.97 Å². The number of carboxylic acids is 1. The number of carbonyl (C=O) groups is 1. The molecule has 0 saturated carbocycles. The highest BCUT2D eigenvalue weighted by Gasteiger charge is 2.38. The molecule has 2 atom stereocenters. The van der Waals surface area contributed by atoms with Gasteiger partial charge in [0.15, 0.2) is 0 Å². The molecule has 3 nitrogen and oxygen atoms in total. The molecule has 0 bridgehead atoms. The lowest BCUT2D eigenvalue weighted by atomic mass is 10.0. The van der Waals surface area contributed by atoms with E-state index in [0.717, 1.165) is 6.92 Å². The third-order valence-corrected chi connectivity index (χ3v) is 1.79. The fourth-order valence-electron chi connectivity index (χ4n) is 0.829. The van der Waals surface area contributed by atoms with Gasteiger partial charge in [-0.25, -0.2) is 0 Å². The Morgan fingerprint density at radius 3 is 2.00 bits per heavy atom. The molecule has 15 heavy (non-hydrogen) atoms. The Morgan fingerprint density at radius 1 is 1.40 bits per heavy atom. The van der Waals surface area contributed by atoms with Crippen molar-refractivity contribution in [1.82, 2.24) is 5.32 Å². The molecule has 0 rings (SSSR count). The lowest BCUT2D eigenvalue weighted by Gasteiger charge is -2.19. The number of hydrogen-bond donors (Lipinski definition) is 2. The molecule has 0 aromatic rings. The van der Waals surface area contributed by atoms with Gasteiger partial charge >= 0.3 is 12.1 Å². The number of hydrogen-bond acceptors (Lipinski definition) is 2. The Hall–Kier alpha value is -0.780. The summed E-state index contributed by atoms with van der Waals surface area (Å²) < 4.78 is 36.0. The molecule has 0 aliphatic rings. The second kappa shape index (κ2) is 7.50. The van der Waals surface area contributed by atoms with Gasteiger partial charge in [-0.15, -0.1) is 0 Å². The predicted octanol–water partition coefficient (Wildman–Crippen LogP) is 2.27. The monoisotopic (exact) mass is 229 g/mol. The van der Waals surface area contributed by atoms with Gasteiger partial charge in [-0.1, -0.05) is 20.8 Å². The number of carboxylic acid groups (broad SMARTS) is 1.